The number of ether oxygens (including phenoxy) is 1. The number of carbonyl (C=O) groups is 1. The molecule has 0 bridgehead atoms. The fraction of sp³-hybridized carbons (Fsp3) is 0.0741. The van der Waals surface area contributed by atoms with Crippen LogP contribution in [-0.2, 0) is 12.1 Å². The van der Waals surface area contributed by atoms with Gasteiger partial charge in [0.2, 0.25) is 0 Å². The predicted molar refractivity (Wildman–Crippen MR) is 119 cm³/mol. The minimum absolute atomic E-state index is 0.0646. The van der Waals surface area contributed by atoms with Gasteiger partial charge in [-0.05, 0) is 41.5 Å². The molecule has 2 aliphatic heterocycles. The Kier molecular flexibility index (Phi) is 3.83. The summed E-state index contributed by atoms with van der Waals surface area (Å²) >= 11 is 0. The summed E-state index contributed by atoms with van der Waals surface area (Å²) in [5.74, 6) is 0.949. The average molecular weight is 421 g/mol. The van der Waals surface area contributed by atoms with Crippen LogP contribution in [-0.4, -0.2) is 21.0 Å². The highest BCUT2D eigenvalue weighted by Gasteiger charge is 2.56. The molecule has 2 aliphatic rings. The largest absolute Gasteiger partial charge is 0.508 e. The van der Waals surface area contributed by atoms with E-state index in [1.54, 1.807) is 24.3 Å². The van der Waals surface area contributed by atoms with Gasteiger partial charge in [-0.1, -0.05) is 48.5 Å². The highest BCUT2D eigenvalue weighted by Crippen LogP contribution is 2.58. The van der Waals surface area contributed by atoms with Crippen molar-refractivity contribution in [1.82, 2.24) is 4.90 Å². The van der Waals surface area contributed by atoms with E-state index in [0.717, 1.165) is 22.3 Å². The van der Waals surface area contributed by atoms with Crippen LogP contribution in [0.2, 0.25) is 0 Å². The summed E-state index contributed by atoms with van der Waals surface area (Å²) in [6.07, 6.45) is 0. The van der Waals surface area contributed by atoms with Crippen LogP contribution in [0.5, 0.6) is 23.0 Å². The molecule has 0 fully saturated rings. The Labute approximate surface area is 184 Å². The number of benzene rings is 4. The van der Waals surface area contributed by atoms with Crippen molar-refractivity contribution < 1.29 is 19.7 Å². The molecule has 0 aliphatic carbocycles. The van der Waals surface area contributed by atoms with E-state index in [4.69, 9.17) is 4.74 Å². The maximum atomic E-state index is 13.8. The lowest BCUT2D eigenvalue weighted by atomic mass is 9.74. The zero-order chi connectivity index (χ0) is 21.9. The molecule has 1 spiro atoms. The highest BCUT2D eigenvalue weighted by molar-refractivity contribution is 6.02. The number of fused-ring (bicyclic) bond motifs is 6. The van der Waals surface area contributed by atoms with Crippen molar-refractivity contribution >= 4 is 5.91 Å². The van der Waals surface area contributed by atoms with E-state index in [1.807, 2.05) is 71.6 Å². The summed E-state index contributed by atoms with van der Waals surface area (Å²) in [7, 11) is 0. The fourth-order valence-electron chi connectivity index (χ4n) is 5.02. The first-order chi connectivity index (χ1) is 15.6. The number of aromatic hydroxyl groups is 2. The van der Waals surface area contributed by atoms with Crippen molar-refractivity contribution in [2.45, 2.75) is 12.1 Å². The first kappa shape index (κ1) is 18.5. The topological polar surface area (TPSA) is 70.0 Å². The second kappa shape index (κ2) is 6.62. The standard InChI is InChI=1S/C27H19NO4/c29-18-10-12-22-24(14-18)32-25-15-19(30)11-13-23(25)27(22)21-9-5-4-8-20(21)26(31)28(27)16-17-6-2-1-3-7-17/h1-15,29-30H,16H2. The molecular weight excluding hydrogens is 402 g/mol. The highest BCUT2D eigenvalue weighted by atomic mass is 16.5. The third kappa shape index (κ3) is 2.42. The van der Waals surface area contributed by atoms with Crippen molar-refractivity contribution in [3.63, 3.8) is 0 Å². The zero-order valence-electron chi connectivity index (χ0n) is 17.0. The Morgan fingerprint density at radius 2 is 1.31 bits per heavy atom. The summed E-state index contributed by atoms with van der Waals surface area (Å²) < 4.78 is 6.12. The van der Waals surface area contributed by atoms with Crippen LogP contribution >= 0.6 is 0 Å². The molecular formula is C27H19NO4. The smallest absolute Gasteiger partial charge is 0.255 e. The Balaban J connectivity index is 1.71. The van der Waals surface area contributed by atoms with Crippen molar-refractivity contribution in [3.8, 4) is 23.0 Å². The van der Waals surface area contributed by atoms with Gasteiger partial charge in [0, 0.05) is 35.4 Å². The molecule has 4 aromatic rings. The van der Waals surface area contributed by atoms with Crippen molar-refractivity contribution in [2.24, 2.45) is 0 Å². The number of phenolic OH excluding ortho intramolecular Hbond substituents is 2. The van der Waals surface area contributed by atoms with Gasteiger partial charge in [-0.2, -0.15) is 0 Å². The van der Waals surface area contributed by atoms with Crippen LogP contribution in [0.25, 0.3) is 0 Å². The SMILES string of the molecule is O=C1c2ccccc2C2(c3ccc(O)cc3Oc3cc(O)ccc32)N1Cc1ccccc1. The number of nitrogens with zero attached hydrogens (tertiary/aromatic N) is 1. The first-order valence-corrected chi connectivity index (χ1v) is 10.4. The summed E-state index contributed by atoms with van der Waals surface area (Å²) in [6.45, 7) is 0.384. The van der Waals surface area contributed by atoms with E-state index in [9.17, 15) is 15.0 Å². The third-order valence-electron chi connectivity index (χ3n) is 6.31. The zero-order valence-corrected chi connectivity index (χ0v) is 17.0. The number of carbonyl (C=O) groups excluding carboxylic acids is 1. The van der Waals surface area contributed by atoms with E-state index >= 15 is 0 Å². The summed E-state index contributed by atoms with van der Waals surface area (Å²) in [4.78, 5) is 15.7. The van der Waals surface area contributed by atoms with E-state index < -0.39 is 5.54 Å². The van der Waals surface area contributed by atoms with Gasteiger partial charge >= 0.3 is 0 Å². The van der Waals surface area contributed by atoms with Crippen LogP contribution in [0.1, 0.15) is 32.6 Å². The number of phenols is 2. The second-order valence-corrected chi connectivity index (χ2v) is 8.10. The van der Waals surface area contributed by atoms with Gasteiger partial charge in [-0.3, -0.25) is 4.79 Å². The molecule has 0 saturated heterocycles. The number of rotatable bonds is 2. The Hall–Kier alpha value is -4.25. The lowest BCUT2D eigenvalue weighted by Crippen LogP contribution is -2.46. The first-order valence-electron chi connectivity index (χ1n) is 10.4. The summed E-state index contributed by atoms with van der Waals surface area (Å²) in [5.41, 5.74) is 3.05. The average Bonchev–Trinajstić information content (AvgIpc) is 3.03. The molecule has 32 heavy (non-hydrogen) atoms. The minimum Gasteiger partial charge on any atom is -0.508 e. The maximum Gasteiger partial charge on any atom is 0.255 e. The lowest BCUT2D eigenvalue weighted by molar-refractivity contribution is 0.0645. The van der Waals surface area contributed by atoms with Gasteiger partial charge in [-0.25, -0.2) is 0 Å². The quantitative estimate of drug-likeness (QED) is 0.470. The van der Waals surface area contributed by atoms with Crippen LogP contribution in [0.15, 0.2) is 91.0 Å². The normalized spacial score (nSPS) is 15.1. The number of hydrogen-bond acceptors (Lipinski definition) is 4. The van der Waals surface area contributed by atoms with Crippen molar-refractivity contribution in [1.29, 1.82) is 0 Å². The molecule has 0 unspecified atom stereocenters. The fourth-order valence-corrected chi connectivity index (χ4v) is 5.02. The molecule has 1 amide bonds. The molecule has 5 nitrogen and oxygen atoms in total. The van der Waals surface area contributed by atoms with E-state index in [1.165, 1.54) is 0 Å². The van der Waals surface area contributed by atoms with Gasteiger partial charge in [0.25, 0.3) is 5.91 Å². The van der Waals surface area contributed by atoms with Gasteiger partial charge < -0.3 is 19.8 Å². The van der Waals surface area contributed by atoms with E-state index in [-0.39, 0.29) is 17.4 Å². The number of hydrogen-bond donors (Lipinski definition) is 2. The molecule has 2 heterocycles. The lowest BCUT2D eigenvalue weighted by Gasteiger charge is -2.44. The van der Waals surface area contributed by atoms with E-state index in [0.29, 0.717) is 23.6 Å². The van der Waals surface area contributed by atoms with Crippen LogP contribution in [0.3, 0.4) is 0 Å². The molecule has 0 saturated carbocycles. The molecule has 5 heteroatoms. The monoisotopic (exact) mass is 421 g/mol. The van der Waals surface area contributed by atoms with Gasteiger partial charge in [0.05, 0.1) is 0 Å². The Morgan fingerprint density at radius 1 is 0.719 bits per heavy atom. The Bertz CT molecular complexity index is 1330. The minimum atomic E-state index is -0.964. The van der Waals surface area contributed by atoms with Crippen LogP contribution in [0, 0.1) is 0 Å². The summed E-state index contributed by atoms with van der Waals surface area (Å²) in [6, 6.07) is 27.4. The van der Waals surface area contributed by atoms with Crippen molar-refractivity contribution in [2.75, 3.05) is 0 Å². The molecule has 0 aromatic heterocycles. The Morgan fingerprint density at radius 3 is 1.97 bits per heavy atom. The number of amides is 1. The summed E-state index contributed by atoms with van der Waals surface area (Å²) in [5, 5.41) is 20.3. The molecule has 0 radical (unpaired) electrons. The molecule has 6 rings (SSSR count). The van der Waals surface area contributed by atoms with E-state index in [2.05, 4.69) is 0 Å². The molecule has 4 aromatic carbocycles. The van der Waals surface area contributed by atoms with Crippen molar-refractivity contribution in [3.05, 3.63) is 119 Å². The second-order valence-electron chi connectivity index (χ2n) is 8.10. The van der Waals surface area contributed by atoms with Crippen LogP contribution in [0.4, 0.5) is 0 Å². The molecule has 156 valence electrons. The molecule has 2 N–H and O–H groups in total. The third-order valence-corrected chi connectivity index (χ3v) is 6.31. The molecule has 0 atom stereocenters. The predicted octanol–water partition coefficient (Wildman–Crippen LogP) is 5.15. The van der Waals surface area contributed by atoms with Crippen LogP contribution < -0.4 is 4.74 Å². The maximum absolute atomic E-state index is 13.8. The van der Waals surface area contributed by atoms with Gasteiger partial charge in [-0.15, -0.1) is 0 Å². The van der Waals surface area contributed by atoms with Gasteiger partial charge in [0.1, 0.15) is 28.5 Å². The van der Waals surface area contributed by atoms with Gasteiger partial charge in [0.15, 0.2) is 0 Å².